The van der Waals surface area contributed by atoms with Gasteiger partial charge in [0, 0.05) is 7.05 Å². The summed E-state index contributed by atoms with van der Waals surface area (Å²) in [6.07, 6.45) is 3.12. The van der Waals surface area contributed by atoms with Crippen LogP contribution in [0.15, 0.2) is 30.7 Å². The summed E-state index contributed by atoms with van der Waals surface area (Å²) in [5, 5.41) is 4.89. The largest absolute Gasteiger partial charge is 0.436 e. The molecule has 2 heterocycles. The predicted octanol–water partition coefficient (Wildman–Crippen LogP) is 2.05. The molecular weight excluding hydrogens is 242 g/mol. The van der Waals surface area contributed by atoms with Crippen LogP contribution in [0.3, 0.4) is 0 Å². The van der Waals surface area contributed by atoms with Crippen LogP contribution in [0.5, 0.6) is 11.6 Å². The van der Waals surface area contributed by atoms with Crippen molar-refractivity contribution in [3.05, 3.63) is 36.3 Å². The molecule has 0 aliphatic carbocycles. The number of nitrogens with two attached hydrogens (primary N) is 1. The highest BCUT2D eigenvalue weighted by molar-refractivity contribution is 5.80. The highest BCUT2D eigenvalue weighted by atomic mass is 16.5. The number of rotatable bonds is 2. The van der Waals surface area contributed by atoms with Gasteiger partial charge in [-0.3, -0.25) is 4.68 Å². The third kappa shape index (κ3) is 1.97. The van der Waals surface area contributed by atoms with Crippen molar-refractivity contribution in [3.63, 3.8) is 0 Å². The molecule has 3 aromatic rings. The van der Waals surface area contributed by atoms with Crippen LogP contribution in [0.4, 0.5) is 5.69 Å². The molecular formula is C13H13N5O. The van der Waals surface area contributed by atoms with E-state index in [9.17, 15) is 0 Å². The smallest absolute Gasteiger partial charge is 0.233 e. The van der Waals surface area contributed by atoms with E-state index in [0.29, 0.717) is 17.3 Å². The monoisotopic (exact) mass is 255 g/mol. The lowest BCUT2D eigenvalue weighted by atomic mass is 10.2. The second kappa shape index (κ2) is 4.24. The van der Waals surface area contributed by atoms with Gasteiger partial charge in [0.2, 0.25) is 5.88 Å². The molecule has 0 atom stereocenters. The first-order valence-corrected chi connectivity index (χ1v) is 5.82. The Bertz CT molecular complexity index is 750. The fourth-order valence-corrected chi connectivity index (χ4v) is 1.89. The average Bonchev–Trinajstić information content (AvgIpc) is 2.76. The number of nitrogens with zero attached hydrogens (tertiary/aromatic N) is 4. The Balaban J connectivity index is 2.06. The molecule has 96 valence electrons. The van der Waals surface area contributed by atoms with Crippen LogP contribution in [0.25, 0.3) is 11.0 Å². The number of fused-ring (bicyclic) bond motifs is 1. The molecule has 0 bridgehead atoms. The zero-order valence-electron chi connectivity index (χ0n) is 10.7. The maximum absolute atomic E-state index is 5.93. The minimum absolute atomic E-state index is 0.452. The summed E-state index contributed by atoms with van der Waals surface area (Å²) >= 11 is 0. The van der Waals surface area contributed by atoms with Gasteiger partial charge >= 0.3 is 0 Å². The van der Waals surface area contributed by atoms with Gasteiger partial charge in [0.25, 0.3) is 0 Å². The van der Waals surface area contributed by atoms with Crippen LogP contribution in [0.1, 0.15) is 5.56 Å². The Hall–Kier alpha value is -2.63. The van der Waals surface area contributed by atoms with Crippen LogP contribution in [-0.4, -0.2) is 19.7 Å². The summed E-state index contributed by atoms with van der Waals surface area (Å²) in [6.45, 7) is 1.98. The molecule has 0 spiro atoms. The Morgan fingerprint density at radius 1 is 1.26 bits per heavy atom. The van der Waals surface area contributed by atoms with Crippen LogP contribution in [0.2, 0.25) is 0 Å². The zero-order chi connectivity index (χ0) is 13.4. The molecule has 0 saturated carbocycles. The van der Waals surface area contributed by atoms with Crippen molar-refractivity contribution < 1.29 is 4.74 Å². The third-order valence-electron chi connectivity index (χ3n) is 2.86. The molecule has 0 radical (unpaired) electrons. The Labute approximate surface area is 109 Å². The first kappa shape index (κ1) is 11.5. The first-order chi connectivity index (χ1) is 9.15. The van der Waals surface area contributed by atoms with Gasteiger partial charge in [0.15, 0.2) is 11.4 Å². The van der Waals surface area contributed by atoms with Crippen molar-refractivity contribution in [2.75, 3.05) is 5.73 Å². The standard InChI is InChI=1S/C13H13N5O/c1-8-3-4-11(10(14)5-8)19-13-9-6-17-18(2)12(9)15-7-16-13/h3-7H,14H2,1-2H3. The maximum Gasteiger partial charge on any atom is 0.233 e. The molecule has 2 aromatic heterocycles. The Morgan fingerprint density at radius 3 is 2.89 bits per heavy atom. The molecule has 0 aliphatic rings. The first-order valence-electron chi connectivity index (χ1n) is 5.82. The van der Waals surface area contributed by atoms with Crippen molar-refractivity contribution in [3.8, 4) is 11.6 Å². The molecule has 1 aromatic carbocycles. The summed E-state index contributed by atoms with van der Waals surface area (Å²) in [4.78, 5) is 8.29. The van der Waals surface area contributed by atoms with E-state index in [0.717, 1.165) is 16.6 Å². The number of aromatic nitrogens is 4. The van der Waals surface area contributed by atoms with E-state index in [1.165, 1.54) is 6.33 Å². The highest BCUT2D eigenvalue weighted by Crippen LogP contribution is 2.30. The van der Waals surface area contributed by atoms with Crippen molar-refractivity contribution in [1.82, 2.24) is 19.7 Å². The van der Waals surface area contributed by atoms with Crippen molar-refractivity contribution in [2.45, 2.75) is 6.92 Å². The molecule has 0 saturated heterocycles. The Morgan fingerprint density at radius 2 is 2.11 bits per heavy atom. The van der Waals surface area contributed by atoms with Gasteiger partial charge in [-0.2, -0.15) is 5.10 Å². The summed E-state index contributed by atoms with van der Waals surface area (Å²) in [5.74, 6) is 1.03. The van der Waals surface area contributed by atoms with Crippen LogP contribution >= 0.6 is 0 Å². The van der Waals surface area contributed by atoms with Gasteiger partial charge < -0.3 is 10.5 Å². The summed E-state index contributed by atoms with van der Waals surface area (Å²) < 4.78 is 7.43. The number of nitrogen functional groups attached to an aromatic ring is 1. The molecule has 3 rings (SSSR count). The topological polar surface area (TPSA) is 78.9 Å². The third-order valence-corrected chi connectivity index (χ3v) is 2.86. The lowest BCUT2D eigenvalue weighted by Crippen LogP contribution is -1.96. The lowest BCUT2D eigenvalue weighted by molar-refractivity contribution is 0.470. The number of aryl methyl sites for hydroxylation is 2. The van der Waals surface area contributed by atoms with Gasteiger partial charge in [-0.05, 0) is 24.6 Å². The van der Waals surface area contributed by atoms with Crippen molar-refractivity contribution in [1.29, 1.82) is 0 Å². The Kier molecular flexibility index (Phi) is 2.56. The second-order valence-electron chi connectivity index (χ2n) is 4.33. The van der Waals surface area contributed by atoms with E-state index in [4.69, 9.17) is 10.5 Å². The van der Waals surface area contributed by atoms with Crippen LogP contribution in [-0.2, 0) is 7.05 Å². The molecule has 0 fully saturated rings. The van der Waals surface area contributed by atoms with E-state index >= 15 is 0 Å². The summed E-state index contributed by atoms with van der Waals surface area (Å²) in [5.41, 5.74) is 8.31. The maximum atomic E-state index is 5.93. The van der Waals surface area contributed by atoms with E-state index in [-0.39, 0.29) is 0 Å². The van der Waals surface area contributed by atoms with Gasteiger partial charge in [0.05, 0.1) is 11.9 Å². The highest BCUT2D eigenvalue weighted by Gasteiger charge is 2.11. The predicted molar refractivity (Wildman–Crippen MR) is 72.0 cm³/mol. The molecule has 0 amide bonds. The zero-order valence-corrected chi connectivity index (χ0v) is 10.7. The summed E-state index contributed by atoms with van der Waals surface area (Å²) in [6, 6.07) is 5.62. The summed E-state index contributed by atoms with van der Waals surface area (Å²) in [7, 11) is 1.82. The van der Waals surface area contributed by atoms with E-state index in [1.807, 2.05) is 32.2 Å². The van der Waals surface area contributed by atoms with Crippen molar-refractivity contribution in [2.24, 2.45) is 7.05 Å². The number of benzene rings is 1. The van der Waals surface area contributed by atoms with Crippen LogP contribution < -0.4 is 10.5 Å². The number of ether oxygens (including phenoxy) is 1. The molecule has 2 N–H and O–H groups in total. The molecule has 0 unspecified atom stereocenters. The normalized spacial score (nSPS) is 10.8. The van der Waals surface area contributed by atoms with Gasteiger partial charge in [0.1, 0.15) is 11.7 Å². The van der Waals surface area contributed by atoms with Crippen LogP contribution in [0, 0.1) is 6.92 Å². The number of hydrogen-bond donors (Lipinski definition) is 1. The lowest BCUT2D eigenvalue weighted by Gasteiger charge is -2.08. The molecule has 6 heteroatoms. The quantitative estimate of drug-likeness (QED) is 0.709. The SMILES string of the molecule is Cc1ccc(Oc2ncnc3c2cnn3C)c(N)c1. The average molecular weight is 255 g/mol. The van der Waals surface area contributed by atoms with E-state index < -0.39 is 0 Å². The second-order valence-corrected chi connectivity index (χ2v) is 4.33. The van der Waals surface area contributed by atoms with Gasteiger partial charge in [-0.1, -0.05) is 6.07 Å². The number of hydrogen-bond acceptors (Lipinski definition) is 5. The molecule has 6 nitrogen and oxygen atoms in total. The minimum atomic E-state index is 0.452. The number of anilines is 1. The van der Waals surface area contributed by atoms with Crippen molar-refractivity contribution >= 4 is 16.7 Å². The van der Waals surface area contributed by atoms with Gasteiger partial charge in [-0.15, -0.1) is 0 Å². The van der Waals surface area contributed by atoms with Gasteiger partial charge in [-0.25, -0.2) is 9.97 Å². The fourth-order valence-electron chi connectivity index (χ4n) is 1.89. The molecule has 19 heavy (non-hydrogen) atoms. The van der Waals surface area contributed by atoms with E-state index in [2.05, 4.69) is 15.1 Å². The minimum Gasteiger partial charge on any atom is -0.436 e. The molecule has 0 aliphatic heterocycles. The fraction of sp³-hybridized carbons (Fsp3) is 0.154. The van der Waals surface area contributed by atoms with E-state index in [1.54, 1.807) is 10.9 Å².